The molecule has 0 fully saturated rings. The van der Waals surface area contributed by atoms with Crippen molar-refractivity contribution in [1.82, 2.24) is 14.9 Å². The predicted molar refractivity (Wildman–Crippen MR) is 51.4 cm³/mol. The summed E-state index contributed by atoms with van der Waals surface area (Å²) in [6, 6.07) is 0. The van der Waals surface area contributed by atoms with Crippen molar-refractivity contribution in [2.45, 2.75) is 6.92 Å². The number of amides is 1. The summed E-state index contributed by atoms with van der Waals surface area (Å²) in [6.45, 7) is 1.36. The average molecular weight is 209 g/mol. The summed E-state index contributed by atoms with van der Waals surface area (Å²) in [5.41, 5.74) is 0.282. The largest absolute Gasteiger partial charge is 0.480 e. The fourth-order valence-corrected chi connectivity index (χ4v) is 0.998. The van der Waals surface area contributed by atoms with Crippen molar-refractivity contribution < 1.29 is 14.7 Å². The van der Waals surface area contributed by atoms with E-state index in [-0.39, 0.29) is 12.1 Å². The highest BCUT2D eigenvalue weighted by molar-refractivity contribution is 5.95. The lowest BCUT2D eigenvalue weighted by molar-refractivity contribution is -0.137. The van der Waals surface area contributed by atoms with Crippen LogP contribution in [0.1, 0.15) is 16.2 Å². The second kappa shape index (κ2) is 4.50. The molecule has 1 amide bonds. The Bertz CT molecular complexity index is 375. The van der Waals surface area contributed by atoms with E-state index in [1.165, 1.54) is 19.4 Å². The highest BCUT2D eigenvalue weighted by atomic mass is 16.4. The van der Waals surface area contributed by atoms with Gasteiger partial charge >= 0.3 is 5.97 Å². The van der Waals surface area contributed by atoms with Crippen molar-refractivity contribution in [3.05, 3.63) is 23.8 Å². The van der Waals surface area contributed by atoms with Crippen LogP contribution in [0.2, 0.25) is 0 Å². The van der Waals surface area contributed by atoms with E-state index >= 15 is 0 Å². The van der Waals surface area contributed by atoms with Crippen molar-refractivity contribution in [2.75, 3.05) is 13.6 Å². The Labute approximate surface area is 86.6 Å². The van der Waals surface area contributed by atoms with Gasteiger partial charge in [0.25, 0.3) is 5.91 Å². The van der Waals surface area contributed by atoms with Gasteiger partial charge in [-0.25, -0.2) is 9.97 Å². The van der Waals surface area contributed by atoms with Gasteiger partial charge in [-0.2, -0.15) is 0 Å². The summed E-state index contributed by atoms with van der Waals surface area (Å²) in [6.07, 6.45) is 2.76. The van der Waals surface area contributed by atoms with Crippen molar-refractivity contribution in [2.24, 2.45) is 0 Å². The van der Waals surface area contributed by atoms with Gasteiger partial charge in [0.1, 0.15) is 12.4 Å². The van der Waals surface area contributed by atoms with Gasteiger partial charge in [-0.1, -0.05) is 0 Å². The monoisotopic (exact) mass is 209 g/mol. The van der Waals surface area contributed by atoms with Crippen LogP contribution < -0.4 is 0 Å². The van der Waals surface area contributed by atoms with Crippen LogP contribution in [0.25, 0.3) is 0 Å². The van der Waals surface area contributed by atoms with E-state index in [0.29, 0.717) is 5.82 Å². The number of carboxylic acids is 1. The quantitative estimate of drug-likeness (QED) is 0.754. The van der Waals surface area contributed by atoms with E-state index in [4.69, 9.17) is 5.11 Å². The predicted octanol–water partition coefficient (Wildman–Crippen LogP) is -0.0584. The van der Waals surface area contributed by atoms with Gasteiger partial charge in [0, 0.05) is 19.4 Å². The molecule has 0 bridgehead atoms. The lowest BCUT2D eigenvalue weighted by Gasteiger charge is -2.13. The van der Waals surface area contributed by atoms with Gasteiger partial charge in [0.15, 0.2) is 0 Å². The topological polar surface area (TPSA) is 83.4 Å². The van der Waals surface area contributed by atoms with E-state index in [2.05, 4.69) is 9.97 Å². The summed E-state index contributed by atoms with van der Waals surface area (Å²) in [5, 5.41) is 8.50. The van der Waals surface area contributed by atoms with E-state index in [9.17, 15) is 9.59 Å². The number of nitrogens with zero attached hydrogens (tertiary/aromatic N) is 3. The van der Waals surface area contributed by atoms with Crippen LogP contribution in [-0.2, 0) is 4.79 Å². The minimum atomic E-state index is -1.06. The molecule has 6 nitrogen and oxygen atoms in total. The molecule has 1 N–H and O–H groups in total. The van der Waals surface area contributed by atoms with Gasteiger partial charge < -0.3 is 10.0 Å². The molecule has 0 unspecified atom stereocenters. The molecule has 6 heteroatoms. The molecule has 0 saturated carbocycles. The van der Waals surface area contributed by atoms with Crippen molar-refractivity contribution in [3.8, 4) is 0 Å². The zero-order valence-electron chi connectivity index (χ0n) is 8.47. The normalized spacial score (nSPS) is 9.73. The third-order valence-corrected chi connectivity index (χ3v) is 1.75. The molecular weight excluding hydrogens is 198 g/mol. The van der Waals surface area contributed by atoms with E-state index in [0.717, 1.165) is 4.90 Å². The number of aromatic nitrogens is 2. The van der Waals surface area contributed by atoms with E-state index in [1.807, 2.05) is 0 Å². The molecule has 1 rings (SSSR count). The lowest BCUT2D eigenvalue weighted by atomic mass is 10.3. The molecule has 0 saturated heterocycles. The van der Waals surface area contributed by atoms with Crippen molar-refractivity contribution >= 4 is 11.9 Å². The van der Waals surface area contributed by atoms with Crippen LogP contribution in [0.5, 0.6) is 0 Å². The first-order valence-corrected chi connectivity index (χ1v) is 4.26. The van der Waals surface area contributed by atoms with E-state index < -0.39 is 11.9 Å². The number of aryl methyl sites for hydroxylation is 1. The van der Waals surface area contributed by atoms with Gasteiger partial charge in [-0.3, -0.25) is 9.59 Å². The molecule has 0 aromatic carbocycles. The number of carbonyl (C=O) groups is 2. The minimum absolute atomic E-state index is 0.282. The third kappa shape index (κ3) is 3.01. The third-order valence-electron chi connectivity index (χ3n) is 1.75. The minimum Gasteiger partial charge on any atom is -0.480 e. The van der Waals surface area contributed by atoms with Crippen molar-refractivity contribution in [3.63, 3.8) is 0 Å². The number of hydrogen-bond acceptors (Lipinski definition) is 4. The number of carboxylic acid groups (broad SMARTS) is 1. The summed E-state index contributed by atoms with van der Waals surface area (Å²) in [4.78, 5) is 30.8. The summed E-state index contributed by atoms with van der Waals surface area (Å²) in [7, 11) is 1.41. The highest BCUT2D eigenvalue weighted by Gasteiger charge is 2.14. The Morgan fingerprint density at radius 1 is 1.40 bits per heavy atom. The Balaban J connectivity index is 2.76. The zero-order chi connectivity index (χ0) is 11.4. The van der Waals surface area contributed by atoms with Gasteiger partial charge in [0.2, 0.25) is 0 Å². The van der Waals surface area contributed by atoms with Crippen molar-refractivity contribution in [1.29, 1.82) is 0 Å². The Morgan fingerprint density at radius 3 is 2.40 bits per heavy atom. The molecule has 1 aromatic rings. The van der Waals surface area contributed by atoms with Crippen LogP contribution in [-0.4, -0.2) is 45.4 Å². The first-order chi connectivity index (χ1) is 7.00. The second-order valence-corrected chi connectivity index (χ2v) is 3.07. The van der Waals surface area contributed by atoms with Crippen LogP contribution in [0.15, 0.2) is 12.4 Å². The lowest BCUT2D eigenvalue weighted by Crippen LogP contribution is -2.32. The molecule has 1 aromatic heterocycles. The molecule has 1 heterocycles. The van der Waals surface area contributed by atoms with Gasteiger partial charge in [-0.15, -0.1) is 0 Å². The fraction of sp³-hybridized carbons (Fsp3) is 0.333. The van der Waals surface area contributed by atoms with Crippen LogP contribution in [0.4, 0.5) is 0 Å². The Hall–Kier alpha value is -1.98. The smallest absolute Gasteiger partial charge is 0.323 e. The molecular formula is C9H11N3O3. The Morgan fingerprint density at radius 2 is 1.93 bits per heavy atom. The van der Waals surface area contributed by atoms with Crippen LogP contribution in [0.3, 0.4) is 0 Å². The maximum atomic E-state index is 11.6. The molecule has 0 aliphatic heterocycles. The summed E-state index contributed by atoms with van der Waals surface area (Å²) in [5.74, 6) is -0.899. The number of carbonyl (C=O) groups excluding carboxylic acids is 1. The molecule has 15 heavy (non-hydrogen) atoms. The van der Waals surface area contributed by atoms with Gasteiger partial charge in [-0.05, 0) is 6.92 Å². The molecule has 0 atom stereocenters. The number of aliphatic carboxylic acids is 1. The average Bonchev–Trinajstić information content (AvgIpc) is 2.17. The first kappa shape index (κ1) is 11.1. The van der Waals surface area contributed by atoms with E-state index in [1.54, 1.807) is 6.92 Å². The molecule has 80 valence electrons. The zero-order valence-corrected chi connectivity index (χ0v) is 8.47. The van der Waals surface area contributed by atoms with Crippen LogP contribution >= 0.6 is 0 Å². The molecule has 0 spiro atoms. The van der Waals surface area contributed by atoms with Gasteiger partial charge in [0.05, 0.1) is 5.56 Å². The molecule has 0 radical (unpaired) electrons. The number of likely N-dealkylation sites (N-methyl/N-ethyl adjacent to an activating group) is 1. The fourth-order valence-electron chi connectivity index (χ4n) is 0.998. The summed E-state index contributed by atoms with van der Waals surface area (Å²) >= 11 is 0. The highest BCUT2D eigenvalue weighted by Crippen LogP contribution is 2.00. The second-order valence-electron chi connectivity index (χ2n) is 3.07. The number of hydrogen-bond donors (Lipinski definition) is 1. The molecule has 0 aliphatic carbocycles. The Kier molecular flexibility index (Phi) is 3.33. The maximum Gasteiger partial charge on any atom is 0.323 e. The SMILES string of the molecule is Cc1ncc(C(=O)N(C)CC(=O)O)cn1. The number of rotatable bonds is 3. The summed E-state index contributed by atoms with van der Waals surface area (Å²) < 4.78 is 0. The standard InChI is InChI=1S/C9H11N3O3/c1-6-10-3-7(4-11-6)9(15)12(2)5-8(13)14/h3-4H,5H2,1-2H3,(H,13,14). The van der Waals surface area contributed by atoms with Crippen LogP contribution in [0, 0.1) is 6.92 Å². The molecule has 0 aliphatic rings. The first-order valence-electron chi connectivity index (χ1n) is 4.26. The maximum absolute atomic E-state index is 11.6.